The number of nitrogens with zero attached hydrogens (tertiary/aromatic N) is 2. The number of hydrogen-bond donors (Lipinski definition) is 2. The molecular formula is C22H20Cl2N4O5S. The SMILES string of the molecule is CCOC(=O)c1ccc(NC(=O)c2n[nH]c3c2CN(S(=O)(=O)c2c(Cl)cccc2Cl)CC3)cc1. The van der Waals surface area contributed by atoms with Crippen molar-refractivity contribution in [2.24, 2.45) is 0 Å². The maximum absolute atomic E-state index is 13.3. The van der Waals surface area contributed by atoms with Crippen LogP contribution in [0.4, 0.5) is 5.69 Å². The summed E-state index contributed by atoms with van der Waals surface area (Å²) in [6.07, 6.45) is 0.338. The van der Waals surface area contributed by atoms with E-state index in [9.17, 15) is 18.0 Å². The molecule has 9 nitrogen and oxygen atoms in total. The lowest BCUT2D eigenvalue weighted by Gasteiger charge is -2.27. The van der Waals surface area contributed by atoms with Gasteiger partial charge < -0.3 is 10.1 Å². The molecule has 34 heavy (non-hydrogen) atoms. The minimum absolute atomic E-state index is 0.0229. The first-order valence-corrected chi connectivity index (χ1v) is 12.5. The number of nitrogens with one attached hydrogen (secondary N) is 2. The molecule has 0 fully saturated rings. The van der Waals surface area contributed by atoms with Crippen LogP contribution in [-0.4, -0.2) is 47.9 Å². The summed E-state index contributed by atoms with van der Waals surface area (Å²) < 4.78 is 32.7. The van der Waals surface area contributed by atoms with Gasteiger partial charge in [0, 0.05) is 36.5 Å². The zero-order chi connectivity index (χ0) is 24.5. The van der Waals surface area contributed by atoms with Crippen molar-refractivity contribution in [3.05, 3.63) is 75.0 Å². The van der Waals surface area contributed by atoms with Gasteiger partial charge in [-0.15, -0.1) is 0 Å². The van der Waals surface area contributed by atoms with Crippen molar-refractivity contribution in [2.45, 2.75) is 24.8 Å². The van der Waals surface area contributed by atoms with Gasteiger partial charge in [0.2, 0.25) is 10.0 Å². The number of fused-ring (bicyclic) bond motifs is 1. The highest BCUT2D eigenvalue weighted by Gasteiger charge is 2.34. The van der Waals surface area contributed by atoms with Crippen LogP contribution in [0.25, 0.3) is 0 Å². The van der Waals surface area contributed by atoms with Crippen molar-refractivity contribution < 1.29 is 22.7 Å². The summed E-state index contributed by atoms with van der Waals surface area (Å²) in [5.41, 5.74) is 2.03. The number of halogens is 2. The van der Waals surface area contributed by atoms with E-state index in [0.29, 0.717) is 28.9 Å². The normalized spacial score (nSPS) is 13.9. The lowest BCUT2D eigenvalue weighted by molar-refractivity contribution is 0.0526. The minimum Gasteiger partial charge on any atom is -0.462 e. The summed E-state index contributed by atoms with van der Waals surface area (Å²) in [7, 11) is -4.01. The van der Waals surface area contributed by atoms with Gasteiger partial charge in [-0.05, 0) is 43.3 Å². The van der Waals surface area contributed by atoms with Crippen LogP contribution in [0.2, 0.25) is 10.0 Å². The molecule has 1 aromatic heterocycles. The summed E-state index contributed by atoms with van der Waals surface area (Å²) in [6, 6.07) is 10.7. The zero-order valence-electron chi connectivity index (χ0n) is 18.0. The molecule has 12 heteroatoms. The van der Waals surface area contributed by atoms with E-state index in [1.807, 2.05) is 0 Å². The van der Waals surface area contributed by atoms with Crippen molar-refractivity contribution in [3.8, 4) is 0 Å². The predicted molar refractivity (Wildman–Crippen MR) is 127 cm³/mol. The Morgan fingerprint density at radius 1 is 1.15 bits per heavy atom. The summed E-state index contributed by atoms with van der Waals surface area (Å²) in [4.78, 5) is 24.5. The van der Waals surface area contributed by atoms with Gasteiger partial charge in [-0.1, -0.05) is 29.3 Å². The van der Waals surface area contributed by atoms with E-state index in [1.54, 1.807) is 25.1 Å². The van der Waals surface area contributed by atoms with Crippen LogP contribution in [0.15, 0.2) is 47.4 Å². The smallest absolute Gasteiger partial charge is 0.338 e. The third-order valence-electron chi connectivity index (χ3n) is 5.28. The van der Waals surface area contributed by atoms with Gasteiger partial charge in [0.25, 0.3) is 5.91 Å². The number of esters is 1. The Labute approximate surface area is 206 Å². The summed E-state index contributed by atoms with van der Waals surface area (Å²) in [5, 5.41) is 9.68. The highest BCUT2D eigenvalue weighted by molar-refractivity contribution is 7.89. The third kappa shape index (κ3) is 4.67. The highest BCUT2D eigenvalue weighted by Crippen LogP contribution is 2.34. The van der Waals surface area contributed by atoms with E-state index in [-0.39, 0.29) is 40.3 Å². The Balaban J connectivity index is 1.54. The quantitative estimate of drug-likeness (QED) is 0.473. The van der Waals surface area contributed by atoms with E-state index in [1.165, 1.54) is 28.6 Å². The van der Waals surface area contributed by atoms with Gasteiger partial charge in [0.1, 0.15) is 4.90 Å². The van der Waals surface area contributed by atoms with Crippen LogP contribution in [0.3, 0.4) is 0 Å². The van der Waals surface area contributed by atoms with Gasteiger partial charge in [0.05, 0.1) is 22.2 Å². The Kier molecular flexibility index (Phi) is 6.94. The standard InChI is InChI=1S/C22H20Cl2N4O5S/c1-2-33-22(30)13-6-8-14(9-7-13)25-21(29)19-15-12-28(11-10-18(15)26-27-19)34(31,32)20-16(23)4-3-5-17(20)24/h3-9H,2,10-12H2,1H3,(H,25,29)(H,26,27). The monoisotopic (exact) mass is 522 g/mol. The molecular weight excluding hydrogens is 503 g/mol. The number of amides is 1. The van der Waals surface area contributed by atoms with Gasteiger partial charge in [0.15, 0.2) is 5.69 Å². The number of carbonyl (C=O) groups excluding carboxylic acids is 2. The minimum atomic E-state index is -4.01. The second-order valence-electron chi connectivity index (χ2n) is 7.42. The number of anilines is 1. The molecule has 0 saturated carbocycles. The van der Waals surface area contributed by atoms with E-state index >= 15 is 0 Å². The number of benzene rings is 2. The maximum atomic E-state index is 13.3. The molecule has 178 valence electrons. The molecule has 2 aromatic carbocycles. The zero-order valence-corrected chi connectivity index (χ0v) is 20.3. The number of hydrogen-bond acceptors (Lipinski definition) is 6. The fourth-order valence-electron chi connectivity index (χ4n) is 3.62. The first-order valence-electron chi connectivity index (χ1n) is 10.3. The Hall–Kier alpha value is -2.92. The van der Waals surface area contributed by atoms with Crippen molar-refractivity contribution in [3.63, 3.8) is 0 Å². The Morgan fingerprint density at radius 2 is 1.82 bits per heavy atom. The number of aromatic nitrogens is 2. The largest absolute Gasteiger partial charge is 0.462 e. The van der Waals surface area contributed by atoms with Crippen LogP contribution in [-0.2, 0) is 27.7 Å². The van der Waals surface area contributed by atoms with E-state index in [4.69, 9.17) is 27.9 Å². The van der Waals surface area contributed by atoms with E-state index < -0.39 is 21.9 Å². The Bertz CT molecular complexity index is 1340. The molecule has 0 radical (unpaired) electrons. The summed E-state index contributed by atoms with van der Waals surface area (Å²) in [6.45, 7) is 2.08. The van der Waals surface area contributed by atoms with Crippen molar-refractivity contribution >= 4 is 50.8 Å². The molecule has 4 rings (SSSR count). The number of sulfonamides is 1. The van der Waals surface area contributed by atoms with Gasteiger partial charge in [-0.3, -0.25) is 9.89 Å². The van der Waals surface area contributed by atoms with Crippen LogP contribution >= 0.6 is 23.2 Å². The third-order valence-corrected chi connectivity index (χ3v) is 8.09. The number of aromatic amines is 1. The topological polar surface area (TPSA) is 121 Å². The van der Waals surface area contributed by atoms with Crippen molar-refractivity contribution in [2.75, 3.05) is 18.5 Å². The molecule has 3 aromatic rings. The van der Waals surface area contributed by atoms with Gasteiger partial charge >= 0.3 is 5.97 Å². The molecule has 0 saturated heterocycles. The van der Waals surface area contributed by atoms with E-state index in [0.717, 1.165) is 0 Å². The number of rotatable bonds is 6. The first kappa shape index (κ1) is 24.2. The lowest BCUT2D eigenvalue weighted by Crippen LogP contribution is -2.36. The van der Waals surface area contributed by atoms with Crippen molar-refractivity contribution in [1.29, 1.82) is 0 Å². The molecule has 0 aliphatic carbocycles. The Morgan fingerprint density at radius 3 is 2.47 bits per heavy atom. The predicted octanol–water partition coefficient (Wildman–Crippen LogP) is 3.89. The maximum Gasteiger partial charge on any atom is 0.338 e. The van der Waals surface area contributed by atoms with Crippen LogP contribution in [0.5, 0.6) is 0 Å². The molecule has 0 atom stereocenters. The fourth-order valence-corrected chi connectivity index (χ4v) is 6.12. The van der Waals surface area contributed by atoms with E-state index in [2.05, 4.69) is 15.5 Å². The molecule has 0 spiro atoms. The molecule has 2 N–H and O–H groups in total. The van der Waals surface area contributed by atoms with Gasteiger partial charge in [-0.2, -0.15) is 9.40 Å². The summed E-state index contributed by atoms with van der Waals surface area (Å²) >= 11 is 12.3. The van der Waals surface area contributed by atoms with Gasteiger partial charge in [-0.25, -0.2) is 13.2 Å². The molecule has 1 amide bonds. The van der Waals surface area contributed by atoms with Crippen LogP contribution < -0.4 is 5.32 Å². The fraction of sp³-hybridized carbons (Fsp3) is 0.227. The number of ether oxygens (including phenoxy) is 1. The lowest BCUT2D eigenvalue weighted by atomic mass is 10.1. The highest BCUT2D eigenvalue weighted by atomic mass is 35.5. The summed E-state index contributed by atoms with van der Waals surface area (Å²) in [5.74, 6) is -0.974. The number of carbonyl (C=O) groups is 2. The molecule has 0 unspecified atom stereocenters. The van der Waals surface area contributed by atoms with Crippen LogP contribution in [0, 0.1) is 0 Å². The average molecular weight is 523 g/mol. The molecule has 1 aliphatic heterocycles. The molecule has 1 aliphatic rings. The molecule has 0 bridgehead atoms. The second kappa shape index (κ2) is 9.75. The number of H-pyrrole nitrogens is 1. The molecule has 2 heterocycles. The average Bonchev–Trinajstić information content (AvgIpc) is 3.23. The van der Waals surface area contributed by atoms with Crippen molar-refractivity contribution in [1.82, 2.24) is 14.5 Å². The first-order chi connectivity index (χ1) is 16.2. The van der Waals surface area contributed by atoms with Crippen LogP contribution in [0.1, 0.15) is 39.0 Å². The second-order valence-corrected chi connectivity index (χ2v) is 10.1.